The van der Waals surface area contributed by atoms with Gasteiger partial charge in [0.1, 0.15) is 4.88 Å². The van der Waals surface area contributed by atoms with E-state index in [9.17, 15) is 4.79 Å². The van der Waals surface area contributed by atoms with Crippen LogP contribution in [-0.4, -0.2) is 47.1 Å². The van der Waals surface area contributed by atoms with Gasteiger partial charge in [-0.2, -0.15) is 0 Å². The van der Waals surface area contributed by atoms with E-state index in [0.717, 1.165) is 37.6 Å². The minimum absolute atomic E-state index is 0.268. The van der Waals surface area contributed by atoms with E-state index in [-0.39, 0.29) is 6.04 Å². The molecule has 2 heterocycles. The highest BCUT2D eigenvalue weighted by molar-refractivity contribution is 7.13. The van der Waals surface area contributed by atoms with E-state index in [1.807, 2.05) is 6.07 Å². The Hall–Kier alpha value is -2.47. The molecule has 0 aliphatic carbocycles. The monoisotopic (exact) mass is 392 g/mol. The average Bonchev–Trinajstić information content (AvgIpc) is 3.20. The van der Waals surface area contributed by atoms with Gasteiger partial charge in [-0.05, 0) is 23.3 Å². The van der Waals surface area contributed by atoms with Crippen LogP contribution in [0.3, 0.4) is 0 Å². The standard InChI is InChI=1S/C23H24N2O2S/c26-23(27)21-12-11-20(28-21)17-24-13-15-25(16-14-24)22(18-7-3-1-4-8-18)19-9-5-2-6-10-19/h1-12,22H,13-17H2,(H,26,27). The third-order valence-corrected chi connectivity index (χ3v) is 6.31. The number of rotatable bonds is 6. The molecule has 28 heavy (non-hydrogen) atoms. The summed E-state index contributed by atoms with van der Waals surface area (Å²) in [7, 11) is 0. The van der Waals surface area contributed by atoms with Gasteiger partial charge in [0.15, 0.2) is 0 Å². The molecular weight excluding hydrogens is 368 g/mol. The smallest absolute Gasteiger partial charge is 0.345 e. The average molecular weight is 393 g/mol. The molecule has 1 aromatic heterocycles. The molecule has 1 aliphatic rings. The summed E-state index contributed by atoms with van der Waals surface area (Å²) in [5.41, 5.74) is 2.65. The number of hydrogen-bond acceptors (Lipinski definition) is 4. The second kappa shape index (κ2) is 8.69. The minimum atomic E-state index is -0.838. The fourth-order valence-electron chi connectivity index (χ4n) is 3.86. The van der Waals surface area contributed by atoms with E-state index in [1.54, 1.807) is 6.07 Å². The first-order valence-electron chi connectivity index (χ1n) is 9.59. The molecule has 0 spiro atoms. The maximum absolute atomic E-state index is 11.1. The van der Waals surface area contributed by atoms with Crippen LogP contribution in [-0.2, 0) is 6.54 Å². The predicted octanol–water partition coefficient (Wildman–Crippen LogP) is 4.35. The fraction of sp³-hybridized carbons (Fsp3) is 0.261. The van der Waals surface area contributed by atoms with Gasteiger partial charge in [0.2, 0.25) is 0 Å². The second-order valence-electron chi connectivity index (χ2n) is 7.11. The molecule has 4 nitrogen and oxygen atoms in total. The lowest BCUT2D eigenvalue weighted by atomic mass is 9.96. The predicted molar refractivity (Wildman–Crippen MR) is 113 cm³/mol. The number of hydrogen-bond donors (Lipinski definition) is 1. The Morgan fingerprint density at radius 2 is 1.43 bits per heavy atom. The van der Waals surface area contributed by atoms with Crippen LogP contribution in [0.25, 0.3) is 0 Å². The lowest BCUT2D eigenvalue weighted by molar-refractivity contribution is 0.0702. The van der Waals surface area contributed by atoms with Crippen LogP contribution in [0.1, 0.15) is 31.7 Å². The molecule has 1 saturated heterocycles. The summed E-state index contributed by atoms with van der Waals surface area (Å²) in [4.78, 5) is 17.6. The van der Waals surface area contributed by atoms with Gasteiger partial charge in [0.05, 0.1) is 6.04 Å². The van der Waals surface area contributed by atoms with Gasteiger partial charge in [-0.25, -0.2) is 4.79 Å². The summed E-state index contributed by atoms with van der Waals surface area (Å²) < 4.78 is 0. The van der Waals surface area contributed by atoms with Crippen molar-refractivity contribution in [1.29, 1.82) is 0 Å². The van der Waals surface area contributed by atoms with E-state index in [4.69, 9.17) is 5.11 Å². The molecule has 0 saturated carbocycles. The van der Waals surface area contributed by atoms with Crippen molar-refractivity contribution in [2.75, 3.05) is 26.2 Å². The van der Waals surface area contributed by atoms with Gasteiger partial charge in [-0.15, -0.1) is 11.3 Å². The van der Waals surface area contributed by atoms with E-state index >= 15 is 0 Å². The highest BCUT2D eigenvalue weighted by Gasteiger charge is 2.26. The van der Waals surface area contributed by atoms with Crippen LogP contribution < -0.4 is 0 Å². The van der Waals surface area contributed by atoms with Crippen LogP contribution in [0, 0.1) is 0 Å². The van der Waals surface area contributed by atoms with E-state index in [0.29, 0.717) is 4.88 Å². The summed E-state index contributed by atoms with van der Waals surface area (Å²) in [6, 6.07) is 25.3. The summed E-state index contributed by atoms with van der Waals surface area (Å²) in [5, 5.41) is 9.11. The Labute approximate surface area is 169 Å². The summed E-state index contributed by atoms with van der Waals surface area (Å²) >= 11 is 1.38. The van der Waals surface area contributed by atoms with E-state index in [2.05, 4.69) is 70.5 Å². The Kier molecular flexibility index (Phi) is 5.86. The minimum Gasteiger partial charge on any atom is -0.477 e. The van der Waals surface area contributed by atoms with Crippen LogP contribution in [0.5, 0.6) is 0 Å². The van der Waals surface area contributed by atoms with Gasteiger partial charge < -0.3 is 5.11 Å². The SMILES string of the molecule is O=C(O)c1ccc(CN2CCN(C(c3ccccc3)c3ccccc3)CC2)s1. The van der Waals surface area contributed by atoms with Crippen LogP contribution in [0.15, 0.2) is 72.8 Å². The second-order valence-corrected chi connectivity index (χ2v) is 8.28. The molecule has 4 rings (SSSR count). The summed E-state index contributed by atoms with van der Waals surface area (Å²) in [6.07, 6.45) is 0. The van der Waals surface area contributed by atoms with Crippen LogP contribution in [0.4, 0.5) is 0 Å². The largest absolute Gasteiger partial charge is 0.477 e. The molecule has 0 amide bonds. The fourth-order valence-corrected chi connectivity index (χ4v) is 4.75. The molecule has 3 aromatic rings. The highest BCUT2D eigenvalue weighted by atomic mass is 32.1. The summed E-state index contributed by atoms with van der Waals surface area (Å²) in [6.45, 7) is 4.78. The first-order chi connectivity index (χ1) is 13.7. The molecular formula is C23H24N2O2S. The number of benzene rings is 2. The Morgan fingerprint density at radius 3 is 1.93 bits per heavy atom. The molecule has 0 bridgehead atoms. The third kappa shape index (κ3) is 4.33. The zero-order valence-corrected chi connectivity index (χ0v) is 16.5. The lowest BCUT2D eigenvalue weighted by Crippen LogP contribution is -2.47. The van der Waals surface area contributed by atoms with Gasteiger partial charge in [0.25, 0.3) is 0 Å². The van der Waals surface area contributed by atoms with Gasteiger partial charge >= 0.3 is 5.97 Å². The Morgan fingerprint density at radius 1 is 0.857 bits per heavy atom. The molecule has 0 atom stereocenters. The zero-order chi connectivity index (χ0) is 19.3. The van der Waals surface area contributed by atoms with E-state index < -0.39 is 5.97 Å². The van der Waals surface area contributed by atoms with Crippen molar-refractivity contribution in [3.63, 3.8) is 0 Å². The topological polar surface area (TPSA) is 43.8 Å². The summed E-state index contributed by atoms with van der Waals surface area (Å²) in [5.74, 6) is -0.838. The molecule has 1 aliphatic heterocycles. The van der Waals surface area contributed by atoms with Gasteiger partial charge in [-0.3, -0.25) is 9.80 Å². The first kappa shape index (κ1) is 18.9. The van der Waals surface area contributed by atoms with E-state index in [1.165, 1.54) is 22.5 Å². The normalized spacial score (nSPS) is 15.8. The van der Waals surface area contributed by atoms with Crippen molar-refractivity contribution >= 4 is 17.3 Å². The van der Waals surface area contributed by atoms with Crippen molar-refractivity contribution in [2.24, 2.45) is 0 Å². The molecule has 144 valence electrons. The number of carbonyl (C=O) groups is 1. The lowest BCUT2D eigenvalue weighted by Gasteiger charge is -2.39. The van der Waals surface area contributed by atoms with Gasteiger partial charge in [-0.1, -0.05) is 60.7 Å². The molecule has 1 fully saturated rings. The first-order valence-corrected chi connectivity index (χ1v) is 10.4. The molecule has 5 heteroatoms. The quantitative estimate of drug-likeness (QED) is 0.677. The van der Waals surface area contributed by atoms with Crippen LogP contribution >= 0.6 is 11.3 Å². The number of carboxylic acids is 1. The molecule has 1 N–H and O–H groups in total. The van der Waals surface area contributed by atoms with Gasteiger partial charge in [0, 0.05) is 37.6 Å². The number of carboxylic acid groups (broad SMARTS) is 1. The van der Waals surface area contributed by atoms with Crippen molar-refractivity contribution in [2.45, 2.75) is 12.6 Å². The zero-order valence-electron chi connectivity index (χ0n) is 15.7. The van der Waals surface area contributed by atoms with Crippen molar-refractivity contribution in [3.8, 4) is 0 Å². The number of thiophene rings is 1. The molecule has 0 unspecified atom stereocenters. The molecule has 2 aromatic carbocycles. The maximum Gasteiger partial charge on any atom is 0.345 e. The highest BCUT2D eigenvalue weighted by Crippen LogP contribution is 2.30. The third-order valence-electron chi connectivity index (χ3n) is 5.25. The maximum atomic E-state index is 11.1. The van der Waals surface area contributed by atoms with Crippen molar-refractivity contribution in [1.82, 2.24) is 9.80 Å². The Bertz CT molecular complexity index is 863. The number of aromatic carboxylic acids is 1. The number of piperazine rings is 1. The van der Waals surface area contributed by atoms with Crippen LogP contribution in [0.2, 0.25) is 0 Å². The Balaban J connectivity index is 1.45. The number of nitrogens with zero attached hydrogens (tertiary/aromatic N) is 2. The van der Waals surface area contributed by atoms with Crippen molar-refractivity contribution < 1.29 is 9.90 Å². The molecule has 0 radical (unpaired) electrons. The van der Waals surface area contributed by atoms with Crippen molar-refractivity contribution in [3.05, 3.63) is 93.7 Å².